The van der Waals surface area contributed by atoms with Gasteiger partial charge in [0.05, 0.1) is 11.1 Å². The Balaban J connectivity index is 0.000000407. The van der Waals surface area contributed by atoms with Crippen molar-refractivity contribution in [2.24, 2.45) is 0 Å². The van der Waals surface area contributed by atoms with E-state index in [2.05, 4.69) is 77.4 Å². The number of ether oxygens (including phenoxy) is 2. The van der Waals surface area contributed by atoms with Crippen LogP contribution in [0.1, 0.15) is 97.4 Å². The average Bonchev–Trinajstić information content (AvgIpc) is 3.08. The fourth-order valence-corrected chi connectivity index (χ4v) is 4.54. The van der Waals surface area contributed by atoms with Crippen molar-refractivity contribution in [1.29, 1.82) is 0 Å². The highest BCUT2D eigenvalue weighted by atomic mass is 127. The first-order valence-electron chi connectivity index (χ1n) is 15.1. The summed E-state index contributed by atoms with van der Waals surface area (Å²) < 4.78 is 15.4. The number of hydrogen-bond acceptors (Lipinski definition) is 5. The number of aldehydes is 2. The smallest absolute Gasteiger partial charge is 0.169 e. The van der Waals surface area contributed by atoms with Crippen LogP contribution in [0.15, 0.2) is 85.5 Å². The number of alkyl halides is 1. The summed E-state index contributed by atoms with van der Waals surface area (Å²) in [5.74, 6) is 1.10. The molecule has 4 aromatic rings. The Labute approximate surface area is 314 Å². The number of aryl methyl sites for hydroxylation is 1. The van der Waals surface area contributed by atoms with Gasteiger partial charge in [-0.15, -0.1) is 0 Å². The Morgan fingerprint density at radius 1 is 0.783 bits per heavy atom. The van der Waals surface area contributed by atoms with Crippen LogP contribution in [0.2, 0.25) is 10.0 Å². The minimum Gasteiger partial charge on any atom is -1.00 e. The lowest BCUT2D eigenvalue weighted by Crippen LogP contribution is -3.00. The van der Waals surface area contributed by atoms with Crippen molar-refractivity contribution in [2.75, 3.05) is 4.43 Å². The van der Waals surface area contributed by atoms with Gasteiger partial charge in [-0.05, 0) is 66.2 Å². The highest BCUT2D eigenvalue weighted by Crippen LogP contribution is 2.29. The van der Waals surface area contributed by atoms with Crippen molar-refractivity contribution < 1.29 is 47.6 Å². The molecule has 2 atom stereocenters. The fourth-order valence-electron chi connectivity index (χ4n) is 4.18. The van der Waals surface area contributed by atoms with Gasteiger partial charge < -0.3 is 33.5 Å². The first kappa shape index (κ1) is 41.7. The number of halogens is 4. The zero-order chi connectivity index (χ0) is 33.0. The number of hydrogen-bond donors (Lipinski definition) is 0. The lowest BCUT2D eigenvalue weighted by atomic mass is 10.1. The summed E-state index contributed by atoms with van der Waals surface area (Å²) in [6, 6.07) is 18.1. The third kappa shape index (κ3) is 14.2. The molecular weight excluding hydrogens is 849 g/mol. The molecule has 46 heavy (non-hydrogen) atoms. The number of benzene rings is 2. The summed E-state index contributed by atoms with van der Waals surface area (Å²) in [4.78, 5) is 26.3. The molecule has 0 saturated heterocycles. The molecule has 0 bridgehead atoms. The van der Waals surface area contributed by atoms with Crippen LogP contribution in [-0.4, -0.2) is 22.0 Å². The van der Waals surface area contributed by atoms with Gasteiger partial charge in [-0.1, -0.05) is 79.6 Å². The van der Waals surface area contributed by atoms with Crippen molar-refractivity contribution >= 4 is 58.4 Å². The quantitative estimate of drug-likeness (QED) is 0.0611. The second-order valence-corrected chi connectivity index (χ2v) is 11.9. The third-order valence-electron chi connectivity index (χ3n) is 6.49. The molecule has 0 radical (unpaired) electrons. The van der Waals surface area contributed by atoms with Crippen molar-refractivity contribution in [3.63, 3.8) is 0 Å². The Bertz CT molecular complexity index is 1440. The van der Waals surface area contributed by atoms with Crippen LogP contribution in [-0.2, 0) is 6.54 Å². The monoisotopic (exact) mass is 890 g/mol. The second kappa shape index (κ2) is 23.9. The van der Waals surface area contributed by atoms with Gasteiger partial charge in [-0.2, -0.15) is 0 Å². The molecule has 0 aliphatic rings. The first-order valence-corrected chi connectivity index (χ1v) is 17.4. The molecule has 0 saturated carbocycles. The average molecular weight is 891 g/mol. The van der Waals surface area contributed by atoms with E-state index in [9.17, 15) is 9.59 Å². The number of rotatable bonds is 13. The van der Waals surface area contributed by atoms with Crippen molar-refractivity contribution in [2.45, 2.75) is 72.1 Å². The number of aromatic nitrogens is 2. The van der Waals surface area contributed by atoms with Crippen LogP contribution in [0.5, 0.6) is 11.5 Å². The van der Waals surface area contributed by atoms with Crippen LogP contribution in [0.3, 0.4) is 0 Å². The topological polar surface area (TPSA) is 69.4 Å². The van der Waals surface area contributed by atoms with E-state index < -0.39 is 0 Å². The fraction of sp³-hybridized carbons (Fsp3) is 0.333. The molecule has 2 aromatic heterocycles. The van der Waals surface area contributed by atoms with Crippen LogP contribution in [0.25, 0.3) is 0 Å². The summed E-state index contributed by atoms with van der Waals surface area (Å²) in [7, 11) is 0. The van der Waals surface area contributed by atoms with Gasteiger partial charge in [0.25, 0.3) is 0 Å². The molecule has 4 rings (SSSR count). The standard InChI is InChI=1S/C18H21ClNO2.C15H14ClNO2.C3H7I.HI/c1-3-9-20-10-7-14(8-11-20)17(4-2)22-18-6-5-16(19)12-15(18)13-21;1-2-14(11-4-3-7-17-9-11)19-15-6-5-13(16)8-12(15)10-18;1-2-3-4;/h5-8,10-13,17H,3-4,9H2,1-2H3;3-10,14H,2H2,1H3;2-3H2,1H3;1H/q+1;;;/p-1. The zero-order valence-corrected chi connectivity index (χ0v) is 32.5. The molecule has 0 amide bonds. The van der Waals surface area contributed by atoms with Crippen molar-refractivity contribution in [1.82, 2.24) is 4.98 Å². The molecule has 0 aliphatic heterocycles. The summed E-state index contributed by atoms with van der Waals surface area (Å²) >= 11 is 14.1. The summed E-state index contributed by atoms with van der Waals surface area (Å²) in [6.45, 7) is 9.42. The maximum absolute atomic E-state index is 11.2. The minimum absolute atomic E-state index is 0. The predicted molar refractivity (Wildman–Crippen MR) is 191 cm³/mol. The molecule has 0 spiro atoms. The molecule has 6 nitrogen and oxygen atoms in total. The zero-order valence-electron chi connectivity index (χ0n) is 26.7. The lowest BCUT2D eigenvalue weighted by Gasteiger charge is -2.18. The van der Waals surface area contributed by atoms with Gasteiger partial charge >= 0.3 is 0 Å². The van der Waals surface area contributed by atoms with Crippen LogP contribution in [0, 0.1) is 0 Å². The van der Waals surface area contributed by atoms with Gasteiger partial charge in [-0.25, -0.2) is 4.57 Å². The Kier molecular flexibility index (Phi) is 21.7. The van der Waals surface area contributed by atoms with Crippen molar-refractivity contribution in [3.8, 4) is 11.5 Å². The molecule has 2 heterocycles. The Hall–Kier alpha value is -2.28. The maximum atomic E-state index is 11.2. The predicted octanol–water partition coefficient (Wildman–Crippen LogP) is 7.29. The normalized spacial score (nSPS) is 11.3. The number of nitrogens with zero attached hydrogens (tertiary/aromatic N) is 2. The lowest BCUT2D eigenvalue weighted by molar-refractivity contribution is -0.697. The highest BCUT2D eigenvalue weighted by Gasteiger charge is 2.16. The molecular formula is C36H42Cl2I2N2O4. The Morgan fingerprint density at radius 2 is 1.28 bits per heavy atom. The third-order valence-corrected chi connectivity index (χ3v) is 8.04. The van der Waals surface area contributed by atoms with Gasteiger partial charge in [-0.3, -0.25) is 14.6 Å². The van der Waals surface area contributed by atoms with E-state index in [1.807, 2.05) is 19.1 Å². The number of carbonyl (C=O) groups is 2. The van der Waals surface area contributed by atoms with E-state index in [4.69, 9.17) is 32.7 Å². The van der Waals surface area contributed by atoms with E-state index in [1.165, 1.54) is 10.8 Å². The second-order valence-electron chi connectivity index (χ2n) is 9.97. The molecule has 248 valence electrons. The van der Waals surface area contributed by atoms with E-state index >= 15 is 0 Å². The highest BCUT2D eigenvalue weighted by molar-refractivity contribution is 14.1. The van der Waals surface area contributed by atoms with Gasteiger partial charge in [0.1, 0.15) is 30.3 Å². The van der Waals surface area contributed by atoms with Crippen LogP contribution < -0.4 is 38.0 Å². The minimum atomic E-state index is -0.131. The summed E-state index contributed by atoms with van der Waals surface area (Å²) in [5.41, 5.74) is 3.01. The first-order chi connectivity index (χ1) is 21.8. The number of pyridine rings is 2. The molecule has 2 unspecified atom stereocenters. The maximum Gasteiger partial charge on any atom is 0.169 e. The molecule has 2 aromatic carbocycles. The van der Waals surface area contributed by atoms with Crippen LogP contribution >= 0.6 is 45.8 Å². The van der Waals surface area contributed by atoms with Crippen LogP contribution in [0.4, 0.5) is 0 Å². The Morgan fingerprint density at radius 3 is 1.67 bits per heavy atom. The largest absolute Gasteiger partial charge is 1.00 e. The van der Waals surface area contributed by atoms with E-state index in [1.54, 1.807) is 48.8 Å². The van der Waals surface area contributed by atoms with Gasteiger partial charge in [0.2, 0.25) is 0 Å². The summed E-state index contributed by atoms with van der Waals surface area (Å²) in [5, 5.41) is 1.05. The van der Waals surface area contributed by atoms with Crippen molar-refractivity contribution in [3.05, 3.63) is 118 Å². The number of carbonyl (C=O) groups excluding carboxylic acids is 2. The summed E-state index contributed by atoms with van der Waals surface area (Å²) in [6.07, 6.45) is 12.9. The van der Waals surface area contributed by atoms with E-state index in [0.29, 0.717) is 32.7 Å². The molecule has 0 fully saturated rings. The molecule has 10 heteroatoms. The molecule has 0 N–H and O–H groups in total. The van der Waals surface area contributed by atoms with E-state index in [0.717, 1.165) is 49.5 Å². The van der Waals surface area contributed by atoms with Gasteiger partial charge in [0, 0.05) is 52.1 Å². The van der Waals surface area contributed by atoms with Gasteiger partial charge in [0.15, 0.2) is 25.0 Å². The van der Waals surface area contributed by atoms with E-state index in [-0.39, 0.29) is 36.2 Å². The molecule has 0 aliphatic carbocycles. The SMILES string of the molecule is CCC(Oc1ccc(Cl)cc1C=O)c1cccnc1.CCCI.CCC[n+]1ccc(C(CC)Oc2ccc(Cl)cc2C=O)cc1.[I-].